The molecule has 0 saturated carbocycles. The van der Waals surface area contributed by atoms with E-state index in [-0.39, 0.29) is 5.75 Å². The average Bonchev–Trinajstić information content (AvgIpc) is 2.88. The van der Waals surface area contributed by atoms with Gasteiger partial charge in [-0.15, -0.1) is 0 Å². The van der Waals surface area contributed by atoms with E-state index < -0.39 is 0 Å². The van der Waals surface area contributed by atoms with Crippen LogP contribution in [0.4, 0.5) is 0 Å². The van der Waals surface area contributed by atoms with Gasteiger partial charge in [0, 0.05) is 24.7 Å². The van der Waals surface area contributed by atoms with Crippen molar-refractivity contribution in [3.8, 4) is 11.5 Å². The first-order valence-electron chi connectivity index (χ1n) is 7.05. The van der Waals surface area contributed by atoms with Gasteiger partial charge in [-0.25, -0.2) is 0 Å². The minimum Gasteiger partial charge on any atom is -0.504 e. The molecule has 2 rings (SSSR count). The number of rotatable bonds is 6. The highest BCUT2D eigenvalue weighted by molar-refractivity contribution is 5.45. The lowest BCUT2D eigenvalue weighted by atomic mass is 10.1. The fourth-order valence-electron chi connectivity index (χ4n) is 2.79. The number of nitrogens with one attached hydrogen (secondary N) is 1. The number of likely N-dealkylation sites (N-methyl/N-ethyl adjacent to an activating group) is 1. The number of benzene rings is 1. The Morgan fingerprint density at radius 2 is 2.32 bits per heavy atom. The smallest absolute Gasteiger partial charge is 0.162 e. The zero-order chi connectivity index (χ0) is 13.7. The molecule has 19 heavy (non-hydrogen) atoms. The van der Waals surface area contributed by atoms with E-state index in [1.54, 1.807) is 13.2 Å². The van der Waals surface area contributed by atoms with Crippen LogP contribution in [0.5, 0.6) is 11.5 Å². The van der Waals surface area contributed by atoms with Gasteiger partial charge in [-0.1, -0.05) is 19.1 Å². The van der Waals surface area contributed by atoms with E-state index >= 15 is 0 Å². The van der Waals surface area contributed by atoms with Gasteiger partial charge in [0.15, 0.2) is 11.5 Å². The zero-order valence-corrected chi connectivity index (χ0v) is 11.9. The van der Waals surface area contributed by atoms with Crippen molar-refractivity contribution in [3.63, 3.8) is 0 Å². The SMILES string of the molecule is CCN1CCCC1CNCc1cccc(OC)c1O. The van der Waals surface area contributed by atoms with E-state index in [2.05, 4.69) is 17.1 Å². The molecule has 1 unspecified atom stereocenters. The standard InChI is InChI=1S/C15H24N2O2/c1-3-17-9-5-7-13(17)11-16-10-12-6-4-8-14(19-2)15(12)18/h4,6,8,13,16,18H,3,5,7,9-11H2,1-2H3. The van der Waals surface area contributed by atoms with Crippen LogP contribution in [0.2, 0.25) is 0 Å². The third-order valence-electron chi connectivity index (χ3n) is 3.90. The second kappa shape index (κ2) is 6.78. The van der Waals surface area contributed by atoms with Gasteiger partial charge in [0.1, 0.15) is 0 Å². The number of hydrogen-bond donors (Lipinski definition) is 2. The van der Waals surface area contributed by atoms with Crippen molar-refractivity contribution < 1.29 is 9.84 Å². The van der Waals surface area contributed by atoms with Crippen LogP contribution in [0.1, 0.15) is 25.3 Å². The lowest BCUT2D eigenvalue weighted by Gasteiger charge is -2.23. The van der Waals surface area contributed by atoms with Gasteiger partial charge in [0.05, 0.1) is 7.11 Å². The van der Waals surface area contributed by atoms with Crippen LogP contribution in [0.3, 0.4) is 0 Å². The lowest BCUT2D eigenvalue weighted by Crippen LogP contribution is -2.37. The molecule has 0 aliphatic carbocycles. The summed E-state index contributed by atoms with van der Waals surface area (Å²) in [6.45, 7) is 6.21. The molecule has 0 radical (unpaired) electrons. The summed E-state index contributed by atoms with van der Waals surface area (Å²) < 4.78 is 5.11. The summed E-state index contributed by atoms with van der Waals surface area (Å²) in [5, 5.41) is 13.4. The molecule has 0 bridgehead atoms. The zero-order valence-electron chi connectivity index (χ0n) is 11.9. The fraction of sp³-hybridized carbons (Fsp3) is 0.600. The number of methoxy groups -OCH3 is 1. The van der Waals surface area contributed by atoms with Crippen LogP contribution in [-0.4, -0.2) is 42.8 Å². The van der Waals surface area contributed by atoms with E-state index in [4.69, 9.17) is 4.74 Å². The average molecular weight is 264 g/mol. The second-order valence-corrected chi connectivity index (χ2v) is 5.02. The summed E-state index contributed by atoms with van der Waals surface area (Å²) in [5.41, 5.74) is 0.889. The minimum atomic E-state index is 0.247. The van der Waals surface area contributed by atoms with Crippen LogP contribution in [-0.2, 0) is 6.54 Å². The molecule has 1 aliphatic heterocycles. The Bertz CT molecular complexity index is 409. The first kappa shape index (κ1) is 14.2. The van der Waals surface area contributed by atoms with Crippen LogP contribution in [0.25, 0.3) is 0 Å². The molecule has 0 aromatic heterocycles. The Labute approximate surface area is 115 Å². The van der Waals surface area contributed by atoms with Gasteiger partial charge in [-0.05, 0) is 32.0 Å². The van der Waals surface area contributed by atoms with Crippen molar-refractivity contribution in [2.45, 2.75) is 32.4 Å². The van der Waals surface area contributed by atoms with Gasteiger partial charge < -0.3 is 15.2 Å². The number of phenolic OH excluding ortho intramolecular Hbond substituents is 1. The number of ether oxygens (including phenoxy) is 1. The van der Waals surface area contributed by atoms with Crippen molar-refractivity contribution in [2.75, 3.05) is 26.7 Å². The lowest BCUT2D eigenvalue weighted by molar-refractivity contribution is 0.259. The molecule has 0 amide bonds. The largest absolute Gasteiger partial charge is 0.504 e. The van der Waals surface area contributed by atoms with Crippen LogP contribution < -0.4 is 10.1 Å². The summed E-state index contributed by atoms with van der Waals surface area (Å²) in [5.74, 6) is 0.784. The molecule has 4 heteroatoms. The van der Waals surface area contributed by atoms with Crippen molar-refractivity contribution in [1.29, 1.82) is 0 Å². The summed E-state index contributed by atoms with van der Waals surface area (Å²) in [7, 11) is 1.57. The Morgan fingerprint density at radius 1 is 1.47 bits per heavy atom. The first-order valence-corrected chi connectivity index (χ1v) is 7.05. The molecule has 1 saturated heterocycles. The molecule has 1 heterocycles. The van der Waals surface area contributed by atoms with Gasteiger partial charge in [-0.2, -0.15) is 0 Å². The van der Waals surface area contributed by atoms with Crippen molar-refractivity contribution in [2.24, 2.45) is 0 Å². The predicted molar refractivity (Wildman–Crippen MR) is 76.6 cm³/mol. The summed E-state index contributed by atoms with van der Waals surface area (Å²) in [6, 6.07) is 6.24. The highest BCUT2D eigenvalue weighted by atomic mass is 16.5. The molecule has 106 valence electrons. The topological polar surface area (TPSA) is 44.7 Å². The third-order valence-corrected chi connectivity index (χ3v) is 3.90. The van der Waals surface area contributed by atoms with Crippen LogP contribution in [0, 0.1) is 0 Å². The molecular weight excluding hydrogens is 240 g/mol. The number of nitrogens with zero attached hydrogens (tertiary/aromatic N) is 1. The third kappa shape index (κ3) is 3.39. The Balaban J connectivity index is 1.86. The summed E-state index contributed by atoms with van der Waals surface area (Å²) >= 11 is 0. The molecule has 1 aliphatic rings. The Hall–Kier alpha value is -1.26. The maximum atomic E-state index is 10.0. The van der Waals surface area contributed by atoms with E-state index in [1.807, 2.05) is 12.1 Å². The van der Waals surface area contributed by atoms with Gasteiger partial charge >= 0.3 is 0 Å². The molecular formula is C15H24N2O2. The number of para-hydroxylation sites is 1. The van der Waals surface area contributed by atoms with Crippen LogP contribution in [0.15, 0.2) is 18.2 Å². The normalized spacial score (nSPS) is 19.8. The maximum Gasteiger partial charge on any atom is 0.162 e. The van der Waals surface area contributed by atoms with Crippen molar-refractivity contribution in [1.82, 2.24) is 10.2 Å². The first-order chi connectivity index (χ1) is 9.26. The number of aromatic hydroxyl groups is 1. The molecule has 1 aromatic carbocycles. The molecule has 1 aromatic rings. The molecule has 4 nitrogen and oxygen atoms in total. The number of hydrogen-bond acceptors (Lipinski definition) is 4. The summed E-state index contributed by atoms with van der Waals surface area (Å²) in [4.78, 5) is 2.51. The van der Waals surface area contributed by atoms with E-state index in [9.17, 15) is 5.11 Å². The van der Waals surface area contributed by atoms with Gasteiger partial charge in [-0.3, -0.25) is 4.90 Å². The number of likely N-dealkylation sites (tertiary alicyclic amines) is 1. The van der Waals surface area contributed by atoms with Crippen molar-refractivity contribution >= 4 is 0 Å². The highest BCUT2D eigenvalue weighted by Crippen LogP contribution is 2.29. The Kier molecular flexibility index (Phi) is 5.05. The summed E-state index contributed by atoms with van der Waals surface area (Å²) in [6.07, 6.45) is 2.57. The Morgan fingerprint density at radius 3 is 3.05 bits per heavy atom. The van der Waals surface area contributed by atoms with E-state index in [0.29, 0.717) is 18.3 Å². The molecule has 1 fully saturated rings. The molecule has 2 N–H and O–H groups in total. The second-order valence-electron chi connectivity index (χ2n) is 5.02. The monoisotopic (exact) mass is 264 g/mol. The molecule has 1 atom stereocenters. The van der Waals surface area contributed by atoms with E-state index in [0.717, 1.165) is 18.7 Å². The number of phenols is 1. The maximum absolute atomic E-state index is 10.0. The predicted octanol–water partition coefficient (Wildman–Crippen LogP) is 1.97. The van der Waals surface area contributed by atoms with Crippen LogP contribution >= 0.6 is 0 Å². The molecule has 0 spiro atoms. The highest BCUT2D eigenvalue weighted by Gasteiger charge is 2.22. The van der Waals surface area contributed by atoms with Gasteiger partial charge in [0.25, 0.3) is 0 Å². The van der Waals surface area contributed by atoms with Crippen molar-refractivity contribution in [3.05, 3.63) is 23.8 Å². The van der Waals surface area contributed by atoms with Gasteiger partial charge in [0.2, 0.25) is 0 Å². The minimum absolute atomic E-state index is 0.247. The quantitative estimate of drug-likeness (QED) is 0.824. The van der Waals surface area contributed by atoms with E-state index in [1.165, 1.54) is 19.4 Å². The fourth-order valence-corrected chi connectivity index (χ4v) is 2.79.